The fourth-order valence-electron chi connectivity index (χ4n) is 3.69. The Morgan fingerprint density at radius 2 is 1.84 bits per heavy atom. The van der Waals surface area contributed by atoms with Crippen LogP contribution in [0.1, 0.15) is 49.5 Å². The molecule has 2 rings (SSSR count). The van der Waals surface area contributed by atoms with Gasteiger partial charge in [0.1, 0.15) is 13.2 Å². The number of nitrogens with zero attached hydrogens (tertiary/aromatic N) is 3. The Kier molecular flexibility index (Phi) is 13.2. The van der Waals surface area contributed by atoms with E-state index in [-0.39, 0.29) is 56.9 Å². The number of esters is 1. The number of hydrazone groups is 1. The highest BCUT2D eigenvalue weighted by Crippen LogP contribution is 2.15. The molecule has 0 radical (unpaired) electrons. The molecule has 0 aliphatic carbocycles. The van der Waals surface area contributed by atoms with Crippen LogP contribution in [0, 0.1) is 0 Å². The lowest BCUT2D eigenvalue weighted by atomic mass is 10.1. The van der Waals surface area contributed by atoms with Crippen LogP contribution >= 0.6 is 0 Å². The van der Waals surface area contributed by atoms with E-state index in [4.69, 9.17) is 18.9 Å². The molecule has 0 aromatic heterocycles. The number of nitrogens with one attached hydrogen (secondary N) is 1. The Balaban J connectivity index is 1.89. The molecule has 1 aromatic carbocycles. The zero-order valence-electron chi connectivity index (χ0n) is 22.5. The normalized spacial score (nSPS) is 14.0. The van der Waals surface area contributed by atoms with E-state index in [2.05, 4.69) is 10.5 Å². The molecule has 1 heterocycles. The summed E-state index contributed by atoms with van der Waals surface area (Å²) in [4.78, 5) is 52.3. The molecule has 0 spiro atoms. The number of amides is 3. The van der Waals surface area contributed by atoms with Crippen molar-refractivity contribution in [3.8, 4) is 0 Å². The van der Waals surface area contributed by atoms with E-state index in [1.165, 1.54) is 18.2 Å². The maximum absolute atomic E-state index is 13.2. The molecule has 0 atom stereocenters. The third-order valence-corrected chi connectivity index (χ3v) is 5.58. The predicted octanol–water partition coefficient (Wildman–Crippen LogP) is 1.81. The number of carbonyl (C=O) groups is 4. The first-order chi connectivity index (χ1) is 18.2. The van der Waals surface area contributed by atoms with Crippen LogP contribution in [0.3, 0.4) is 0 Å². The minimum Gasteiger partial charge on any atom is -0.461 e. The highest BCUT2D eigenvalue weighted by atomic mass is 16.6. The van der Waals surface area contributed by atoms with Gasteiger partial charge in [0.05, 0.1) is 31.6 Å². The van der Waals surface area contributed by atoms with Crippen molar-refractivity contribution >= 4 is 30.1 Å². The Labute approximate surface area is 223 Å². The maximum atomic E-state index is 13.2. The number of likely N-dealkylation sites (tertiary alicyclic amines) is 1. The highest BCUT2D eigenvalue weighted by Gasteiger charge is 2.27. The number of piperidine rings is 1. The SMILES string of the molecule is CCOC(=O)NN=Cc1ccc(C(=O)N(CCOC)CC(=O)N2CCC(OCC(=O)OC(C)C)CC2)cc1. The Bertz CT molecular complexity index is 943. The second-order valence-corrected chi connectivity index (χ2v) is 8.86. The van der Waals surface area contributed by atoms with Crippen molar-refractivity contribution in [2.24, 2.45) is 5.10 Å². The van der Waals surface area contributed by atoms with Gasteiger partial charge in [-0.3, -0.25) is 9.59 Å². The van der Waals surface area contributed by atoms with Crippen molar-refractivity contribution in [3.05, 3.63) is 35.4 Å². The number of carbonyl (C=O) groups excluding carboxylic acids is 4. The molecule has 12 nitrogen and oxygen atoms in total. The van der Waals surface area contributed by atoms with Crippen LogP contribution in [0.15, 0.2) is 29.4 Å². The van der Waals surface area contributed by atoms with Crippen LogP contribution in [-0.2, 0) is 28.5 Å². The van der Waals surface area contributed by atoms with Gasteiger partial charge in [0.2, 0.25) is 5.91 Å². The summed E-state index contributed by atoms with van der Waals surface area (Å²) >= 11 is 0. The minimum absolute atomic E-state index is 0.0822. The summed E-state index contributed by atoms with van der Waals surface area (Å²) in [5, 5.41) is 3.79. The number of hydrogen-bond donors (Lipinski definition) is 1. The second-order valence-electron chi connectivity index (χ2n) is 8.86. The summed E-state index contributed by atoms with van der Waals surface area (Å²) in [6, 6.07) is 6.63. The molecule has 1 aromatic rings. The summed E-state index contributed by atoms with van der Waals surface area (Å²) in [7, 11) is 1.53. The van der Waals surface area contributed by atoms with Gasteiger partial charge in [0, 0.05) is 32.3 Å². The fourth-order valence-corrected chi connectivity index (χ4v) is 3.69. The first-order valence-electron chi connectivity index (χ1n) is 12.7. The molecule has 1 aliphatic heterocycles. The van der Waals surface area contributed by atoms with E-state index in [9.17, 15) is 19.2 Å². The number of ether oxygens (including phenoxy) is 4. The standard InChI is InChI=1S/C26H38N4O8/c1-5-36-26(34)28-27-16-20-6-8-21(9-7-20)25(33)30(14-15-35-4)17-23(31)29-12-10-22(11-13-29)37-18-24(32)38-19(2)3/h6-9,16,19,22H,5,10-15,17-18H2,1-4H3,(H,28,34). The molecule has 0 saturated carbocycles. The van der Waals surface area contributed by atoms with Gasteiger partial charge in [-0.2, -0.15) is 5.10 Å². The molecule has 210 valence electrons. The molecule has 0 bridgehead atoms. The average Bonchev–Trinajstić information content (AvgIpc) is 2.90. The van der Waals surface area contributed by atoms with Crippen LogP contribution in [0.2, 0.25) is 0 Å². The lowest BCUT2D eigenvalue weighted by Crippen LogP contribution is -2.47. The third kappa shape index (κ3) is 10.9. The van der Waals surface area contributed by atoms with Crippen LogP contribution in [-0.4, -0.2) is 105 Å². The molecule has 1 saturated heterocycles. The predicted molar refractivity (Wildman–Crippen MR) is 139 cm³/mol. The van der Waals surface area contributed by atoms with E-state index in [1.54, 1.807) is 49.9 Å². The second kappa shape index (κ2) is 16.4. The number of rotatable bonds is 13. The van der Waals surface area contributed by atoms with Crippen molar-refractivity contribution in [2.45, 2.75) is 45.8 Å². The number of hydrogen-bond acceptors (Lipinski definition) is 9. The van der Waals surface area contributed by atoms with Crippen molar-refractivity contribution in [3.63, 3.8) is 0 Å². The van der Waals surface area contributed by atoms with E-state index in [0.29, 0.717) is 37.1 Å². The van der Waals surface area contributed by atoms with E-state index >= 15 is 0 Å². The summed E-state index contributed by atoms with van der Waals surface area (Å²) in [5.41, 5.74) is 3.31. The van der Waals surface area contributed by atoms with Gasteiger partial charge >= 0.3 is 12.1 Å². The van der Waals surface area contributed by atoms with Crippen molar-refractivity contribution < 1.29 is 38.1 Å². The molecule has 12 heteroatoms. The molecule has 1 fully saturated rings. The molecular formula is C26H38N4O8. The first kappa shape index (κ1) is 30.7. The lowest BCUT2D eigenvalue weighted by Gasteiger charge is -2.33. The molecule has 3 amide bonds. The van der Waals surface area contributed by atoms with Gasteiger partial charge in [-0.05, 0) is 51.3 Å². The van der Waals surface area contributed by atoms with Gasteiger partial charge in [-0.25, -0.2) is 15.0 Å². The van der Waals surface area contributed by atoms with E-state index < -0.39 is 12.1 Å². The van der Waals surface area contributed by atoms with Crippen LogP contribution in [0.25, 0.3) is 0 Å². The summed E-state index contributed by atoms with van der Waals surface area (Å²) in [6.07, 6.45) is 1.65. The van der Waals surface area contributed by atoms with Gasteiger partial charge in [-0.1, -0.05) is 12.1 Å². The average molecular weight is 535 g/mol. The zero-order chi connectivity index (χ0) is 27.9. The quantitative estimate of drug-likeness (QED) is 0.230. The van der Waals surface area contributed by atoms with Crippen LogP contribution < -0.4 is 5.43 Å². The van der Waals surface area contributed by atoms with Gasteiger partial charge in [0.25, 0.3) is 5.91 Å². The van der Waals surface area contributed by atoms with Crippen molar-refractivity contribution in [2.75, 3.05) is 53.1 Å². The maximum Gasteiger partial charge on any atom is 0.427 e. The number of methoxy groups -OCH3 is 1. The molecule has 1 N–H and O–H groups in total. The number of benzene rings is 1. The smallest absolute Gasteiger partial charge is 0.427 e. The Morgan fingerprint density at radius 1 is 1.16 bits per heavy atom. The minimum atomic E-state index is -0.655. The fraction of sp³-hybridized carbons (Fsp3) is 0.577. The highest BCUT2D eigenvalue weighted by molar-refractivity contribution is 5.97. The molecule has 38 heavy (non-hydrogen) atoms. The van der Waals surface area contributed by atoms with Gasteiger partial charge < -0.3 is 28.7 Å². The Hall–Kier alpha value is -3.51. The van der Waals surface area contributed by atoms with E-state index in [0.717, 1.165) is 0 Å². The molecular weight excluding hydrogens is 496 g/mol. The van der Waals surface area contributed by atoms with Gasteiger partial charge in [-0.15, -0.1) is 0 Å². The largest absolute Gasteiger partial charge is 0.461 e. The van der Waals surface area contributed by atoms with Gasteiger partial charge in [0.15, 0.2) is 0 Å². The first-order valence-corrected chi connectivity index (χ1v) is 12.7. The molecule has 0 unspecified atom stereocenters. The Morgan fingerprint density at radius 3 is 2.45 bits per heavy atom. The summed E-state index contributed by atoms with van der Waals surface area (Å²) in [6.45, 7) is 6.79. The summed E-state index contributed by atoms with van der Waals surface area (Å²) < 4.78 is 20.6. The third-order valence-electron chi connectivity index (χ3n) is 5.58. The van der Waals surface area contributed by atoms with Crippen molar-refractivity contribution in [1.82, 2.24) is 15.2 Å². The van der Waals surface area contributed by atoms with E-state index in [1.807, 2.05) is 0 Å². The van der Waals surface area contributed by atoms with Crippen molar-refractivity contribution in [1.29, 1.82) is 0 Å². The van der Waals surface area contributed by atoms with Crippen LogP contribution in [0.5, 0.6) is 0 Å². The summed E-state index contributed by atoms with van der Waals surface area (Å²) in [5.74, 6) is -0.870. The lowest BCUT2D eigenvalue weighted by molar-refractivity contribution is -0.156. The molecule has 1 aliphatic rings. The van der Waals surface area contributed by atoms with Crippen LogP contribution in [0.4, 0.5) is 4.79 Å². The monoisotopic (exact) mass is 534 g/mol. The topological polar surface area (TPSA) is 136 Å². The zero-order valence-corrected chi connectivity index (χ0v) is 22.5.